The second-order valence-electron chi connectivity index (χ2n) is 7.48. The van der Waals surface area contributed by atoms with Crippen LogP contribution in [0.4, 0.5) is 0 Å². The van der Waals surface area contributed by atoms with Crippen LogP contribution >= 0.6 is 0 Å². The molecule has 4 aromatic rings. The molecule has 0 aliphatic rings. The molecule has 2 N–H and O–H groups in total. The van der Waals surface area contributed by atoms with Crippen LogP contribution < -0.4 is 10.9 Å². The highest BCUT2D eigenvalue weighted by atomic mass is 16.2. The number of nitrogens with one attached hydrogen (secondary N) is 2. The van der Waals surface area contributed by atoms with Gasteiger partial charge in [-0.2, -0.15) is 0 Å². The summed E-state index contributed by atoms with van der Waals surface area (Å²) in [6, 6.07) is 13.9. The van der Waals surface area contributed by atoms with Crippen LogP contribution in [0.3, 0.4) is 0 Å². The van der Waals surface area contributed by atoms with Crippen molar-refractivity contribution in [2.24, 2.45) is 7.05 Å². The fourth-order valence-corrected chi connectivity index (χ4v) is 3.78. The number of nitrogens with zero attached hydrogens (tertiary/aromatic N) is 1. The number of hydrogen-bond acceptors (Lipinski definition) is 2. The smallest absolute Gasteiger partial charge is 0.261 e. The third kappa shape index (κ3) is 3.09. The molecule has 0 bridgehead atoms. The lowest BCUT2D eigenvalue weighted by molar-refractivity contribution is 0.0949. The van der Waals surface area contributed by atoms with E-state index in [2.05, 4.69) is 40.0 Å². The highest BCUT2D eigenvalue weighted by Crippen LogP contribution is 2.20. The molecule has 2 aromatic heterocycles. The number of amides is 1. The number of pyridine rings is 1. The molecule has 0 saturated carbocycles. The normalized spacial score (nSPS) is 11.3. The molecular formula is C23H23N3O2. The SMILES string of the molecule is Cc1cc(C)c2[nH]c(=O)c(C(=O)NCc3ccc4c(c3)cc(C)n4C)cc2c1. The van der Waals surface area contributed by atoms with E-state index in [1.165, 1.54) is 5.69 Å². The fourth-order valence-electron chi connectivity index (χ4n) is 3.78. The summed E-state index contributed by atoms with van der Waals surface area (Å²) in [6.07, 6.45) is 0. The third-order valence-corrected chi connectivity index (χ3v) is 5.34. The molecular weight excluding hydrogens is 350 g/mol. The van der Waals surface area contributed by atoms with Gasteiger partial charge in [-0.25, -0.2) is 0 Å². The number of fused-ring (bicyclic) bond motifs is 2. The average molecular weight is 373 g/mol. The molecule has 0 spiro atoms. The minimum absolute atomic E-state index is 0.133. The standard InChI is InChI=1S/C23H23N3O2/c1-13-7-14(2)21-18(8-13)11-19(23(28)25-21)22(27)24-12-16-5-6-20-17(10-16)9-15(3)26(20)4/h5-11H,12H2,1-4H3,(H,24,27)(H,25,28). The van der Waals surface area contributed by atoms with Crippen molar-refractivity contribution in [2.75, 3.05) is 0 Å². The Balaban J connectivity index is 1.60. The van der Waals surface area contributed by atoms with E-state index >= 15 is 0 Å². The topological polar surface area (TPSA) is 66.9 Å². The zero-order chi connectivity index (χ0) is 20.0. The summed E-state index contributed by atoms with van der Waals surface area (Å²) < 4.78 is 2.14. The van der Waals surface area contributed by atoms with Crippen molar-refractivity contribution < 1.29 is 4.79 Å². The summed E-state index contributed by atoms with van der Waals surface area (Å²) in [5.41, 5.74) is 5.96. The molecule has 1 amide bonds. The highest BCUT2D eigenvalue weighted by molar-refractivity contribution is 5.97. The van der Waals surface area contributed by atoms with Gasteiger partial charge in [0.25, 0.3) is 11.5 Å². The molecule has 0 fully saturated rings. The number of rotatable bonds is 3. The van der Waals surface area contributed by atoms with Crippen LogP contribution in [0.1, 0.15) is 32.7 Å². The highest BCUT2D eigenvalue weighted by Gasteiger charge is 2.13. The van der Waals surface area contributed by atoms with E-state index < -0.39 is 0 Å². The molecule has 0 saturated heterocycles. The van der Waals surface area contributed by atoms with Gasteiger partial charge in [0.15, 0.2) is 0 Å². The number of carbonyl (C=O) groups is 1. The Labute approximate surface area is 163 Å². The summed E-state index contributed by atoms with van der Waals surface area (Å²) in [4.78, 5) is 27.9. The summed E-state index contributed by atoms with van der Waals surface area (Å²) in [6.45, 7) is 6.38. The zero-order valence-electron chi connectivity index (χ0n) is 16.5. The van der Waals surface area contributed by atoms with Crippen molar-refractivity contribution in [3.63, 3.8) is 0 Å². The maximum Gasteiger partial charge on any atom is 0.261 e. The fraction of sp³-hybridized carbons (Fsp3) is 0.217. The zero-order valence-corrected chi connectivity index (χ0v) is 16.5. The second-order valence-corrected chi connectivity index (χ2v) is 7.48. The number of hydrogen-bond donors (Lipinski definition) is 2. The van der Waals surface area contributed by atoms with E-state index in [-0.39, 0.29) is 17.0 Å². The van der Waals surface area contributed by atoms with Crippen LogP contribution in [0.2, 0.25) is 0 Å². The second kappa shape index (κ2) is 6.68. The minimum atomic E-state index is -0.369. The van der Waals surface area contributed by atoms with Gasteiger partial charge >= 0.3 is 0 Å². The van der Waals surface area contributed by atoms with Crippen molar-refractivity contribution in [3.8, 4) is 0 Å². The van der Waals surface area contributed by atoms with Crippen LogP contribution in [0.25, 0.3) is 21.8 Å². The average Bonchev–Trinajstić information content (AvgIpc) is 2.93. The van der Waals surface area contributed by atoms with Crippen molar-refractivity contribution in [1.29, 1.82) is 0 Å². The van der Waals surface area contributed by atoms with Gasteiger partial charge in [0.05, 0.1) is 5.52 Å². The van der Waals surface area contributed by atoms with Gasteiger partial charge in [-0.3, -0.25) is 9.59 Å². The molecule has 4 rings (SSSR count). The first-order chi connectivity index (χ1) is 13.3. The molecule has 0 atom stereocenters. The van der Waals surface area contributed by atoms with E-state index in [4.69, 9.17) is 0 Å². The first-order valence-electron chi connectivity index (χ1n) is 9.31. The number of aryl methyl sites for hydroxylation is 4. The van der Waals surface area contributed by atoms with E-state index in [1.54, 1.807) is 6.07 Å². The van der Waals surface area contributed by atoms with Gasteiger partial charge in [0, 0.05) is 30.2 Å². The summed E-state index contributed by atoms with van der Waals surface area (Å²) in [5, 5.41) is 4.87. The molecule has 28 heavy (non-hydrogen) atoms. The predicted octanol–water partition coefficient (Wildman–Crippen LogP) is 3.88. The Bertz CT molecular complexity index is 1290. The molecule has 0 radical (unpaired) electrons. The van der Waals surface area contributed by atoms with Crippen molar-refractivity contribution >= 4 is 27.7 Å². The summed E-state index contributed by atoms with van der Waals surface area (Å²) >= 11 is 0. The van der Waals surface area contributed by atoms with Gasteiger partial charge in [-0.1, -0.05) is 17.7 Å². The monoisotopic (exact) mass is 373 g/mol. The largest absolute Gasteiger partial charge is 0.348 e. The lowest BCUT2D eigenvalue weighted by Crippen LogP contribution is -2.29. The number of aromatic nitrogens is 2. The lowest BCUT2D eigenvalue weighted by atomic mass is 10.0. The quantitative estimate of drug-likeness (QED) is 0.572. The van der Waals surface area contributed by atoms with Gasteiger partial charge in [0.2, 0.25) is 0 Å². The number of carbonyl (C=O) groups excluding carboxylic acids is 1. The van der Waals surface area contributed by atoms with Gasteiger partial charge < -0.3 is 14.9 Å². The first-order valence-corrected chi connectivity index (χ1v) is 9.31. The Morgan fingerprint density at radius 2 is 1.82 bits per heavy atom. The van der Waals surface area contributed by atoms with E-state index in [9.17, 15) is 9.59 Å². The number of H-pyrrole nitrogens is 1. The Morgan fingerprint density at radius 1 is 1.04 bits per heavy atom. The van der Waals surface area contributed by atoms with Crippen molar-refractivity contribution in [2.45, 2.75) is 27.3 Å². The molecule has 0 aliphatic heterocycles. The molecule has 5 heteroatoms. The van der Waals surface area contributed by atoms with Crippen LogP contribution in [-0.2, 0) is 13.6 Å². The van der Waals surface area contributed by atoms with E-state index in [0.29, 0.717) is 6.54 Å². The minimum Gasteiger partial charge on any atom is -0.348 e. The number of aromatic amines is 1. The lowest BCUT2D eigenvalue weighted by Gasteiger charge is -2.08. The van der Waals surface area contributed by atoms with Crippen LogP contribution in [0.15, 0.2) is 47.3 Å². The Kier molecular flexibility index (Phi) is 4.30. The van der Waals surface area contributed by atoms with Crippen LogP contribution in [0.5, 0.6) is 0 Å². The van der Waals surface area contributed by atoms with Gasteiger partial charge in [0.1, 0.15) is 5.56 Å². The molecule has 142 valence electrons. The Hall–Kier alpha value is -3.34. The summed E-state index contributed by atoms with van der Waals surface area (Å²) in [7, 11) is 2.04. The maximum absolute atomic E-state index is 12.6. The van der Waals surface area contributed by atoms with Crippen molar-refractivity contribution in [1.82, 2.24) is 14.9 Å². The van der Waals surface area contributed by atoms with Gasteiger partial charge in [-0.15, -0.1) is 0 Å². The van der Waals surface area contributed by atoms with Gasteiger partial charge in [-0.05, 0) is 67.6 Å². The van der Waals surface area contributed by atoms with E-state index in [0.717, 1.165) is 38.5 Å². The number of benzene rings is 2. The molecule has 0 aliphatic carbocycles. The third-order valence-electron chi connectivity index (χ3n) is 5.34. The van der Waals surface area contributed by atoms with Crippen LogP contribution in [-0.4, -0.2) is 15.5 Å². The van der Waals surface area contributed by atoms with E-state index in [1.807, 2.05) is 39.1 Å². The predicted molar refractivity (Wildman–Crippen MR) is 113 cm³/mol. The maximum atomic E-state index is 12.6. The Morgan fingerprint density at radius 3 is 2.61 bits per heavy atom. The molecule has 0 unspecified atom stereocenters. The van der Waals surface area contributed by atoms with Crippen molar-refractivity contribution in [3.05, 3.63) is 80.8 Å². The molecule has 2 heterocycles. The molecule has 5 nitrogen and oxygen atoms in total. The summed E-state index contributed by atoms with van der Waals surface area (Å²) in [5.74, 6) is -0.369. The van der Waals surface area contributed by atoms with Crippen LogP contribution in [0, 0.1) is 20.8 Å². The molecule has 2 aromatic carbocycles. The first kappa shape index (κ1) is 18.0.